The van der Waals surface area contributed by atoms with Gasteiger partial charge < -0.3 is 8.92 Å². The van der Waals surface area contributed by atoms with Gasteiger partial charge in [0.15, 0.2) is 22.3 Å². The van der Waals surface area contributed by atoms with Gasteiger partial charge in [-0.3, -0.25) is 0 Å². The van der Waals surface area contributed by atoms with Crippen molar-refractivity contribution < 1.29 is 34.9 Å². The maximum atomic E-state index is 13.8. The van der Waals surface area contributed by atoms with E-state index in [0.29, 0.717) is 0 Å². The van der Waals surface area contributed by atoms with Crippen LogP contribution in [-0.4, -0.2) is 15.5 Å². The normalized spacial score (nSPS) is 11.0. The molecule has 0 aromatic heterocycles. The summed E-state index contributed by atoms with van der Waals surface area (Å²) in [4.78, 5) is -1.93. The van der Waals surface area contributed by atoms with Crippen molar-refractivity contribution in [2.75, 3.05) is 7.11 Å². The second-order valence-corrected chi connectivity index (χ2v) is 5.78. The smallest absolute Gasteiger partial charge is 0.345 e. The van der Waals surface area contributed by atoms with Gasteiger partial charge in [-0.1, -0.05) is 0 Å². The van der Waals surface area contributed by atoms with Crippen LogP contribution in [0.4, 0.5) is 17.6 Å². The van der Waals surface area contributed by atoms with Crippen molar-refractivity contribution in [2.24, 2.45) is 0 Å². The molecule has 0 saturated heterocycles. The predicted molar refractivity (Wildman–Crippen MR) is 71.8 cm³/mol. The van der Waals surface area contributed by atoms with E-state index in [9.17, 15) is 26.0 Å². The summed E-state index contributed by atoms with van der Waals surface area (Å²) in [6.45, 7) is 0. The molecule has 0 aliphatic rings. The van der Waals surface area contributed by atoms with E-state index < -0.39 is 49.8 Å². The van der Waals surface area contributed by atoms with Gasteiger partial charge in [-0.2, -0.15) is 22.5 Å². The summed E-state index contributed by atoms with van der Waals surface area (Å²) in [5, 5.41) is 8.62. The lowest BCUT2D eigenvalue weighted by atomic mass is 10.2. The molecule has 0 atom stereocenters. The minimum atomic E-state index is -5.23. The number of nitriles is 1. The first-order valence-corrected chi connectivity index (χ1v) is 7.48. The Kier molecular flexibility index (Phi) is 4.66. The monoisotopic (exact) mass is 361 g/mol. The summed E-state index contributed by atoms with van der Waals surface area (Å²) in [5.74, 6) is -10.2. The average molecular weight is 361 g/mol. The Balaban J connectivity index is 2.55. The standard InChI is InChI=1S/C14H7F4NO4S/c1-22-13-9(15)11(17)14(12(18)10(13)16)24(20,21)23-8-4-2-7(6-19)3-5-8/h2-5H,1H3. The summed E-state index contributed by atoms with van der Waals surface area (Å²) >= 11 is 0. The van der Waals surface area contributed by atoms with Gasteiger partial charge in [0, 0.05) is 0 Å². The lowest BCUT2D eigenvalue weighted by Gasteiger charge is -2.12. The van der Waals surface area contributed by atoms with Crippen LogP contribution >= 0.6 is 0 Å². The predicted octanol–water partition coefficient (Wildman–Crippen LogP) is 2.89. The van der Waals surface area contributed by atoms with E-state index in [-0.39, 0.29) is 5.56 Å². The Bertz CT molecular complexity index is 908. The van der Waals surface area contributed by atoms with E-state index in [1.54, 1.807) is 6.07 Å². The highest BCUT2D eigenvalue weighted by atomic mass is 32.2. The summed E-state index contributed by atoms with van der Waals surface area (Å²) in [6, 6.07) is 6.16. The van der Waals surface area contributed by atoms with Crippen molar-refractivity contribution in [1.82, 2.24) is 0 Å². The number of halogens is 4. The summed E-state index contributed by atoms with van der Waals surface area (Å²) in [7, 11) is -4.48. The molecule has 0 unspecified atom stereocenters. The lowest BCUT2D eigenvalue weighted by molar-refractivity contribution is 0.320. The SMILES string of the molecule is COc1c(F)c(F)c(S(=O)(=O)Oc2ccc(C#N)cc2)c(F)c1F. The molecule has 2 aromatic carbocycles. The van der Waals surface area contributed by atoms with Crippen LogP contribution in [0.1, 0.15) is 5.56 Å². The molecule has 2 rings (SSSR count). The van der Waals surface area contributed by atoms with Crippen molar-refractivity contribution in [2.45, 2.75) is 4.90 Å². The number of methoxy groups -OCH3 is 1. The molecule has 0 heterocycles. The first-order chi connectivity index (χ1) is 11.2. The maximum absolute atomic E-state index is 13.8. The van der Waals surface area contributed by atoms with Crippen LogP contribution in [0.15, 0.2) is 29.2 Å². The number of nitrogens with zero attached hydrogens (tertiary/aromatic N) is 1. The number of ether oxygens (including phenoxy) is 1. The Morgan fingerprint density at radius 2 is 1.46 bits per heavy atom. The van der Waals surface area contributed by atoms with Crippen molar-refractivity contribution in [3.8, 4) is 17.6 Å². The van der Waals surface area contributed by atoms with E-state index in [2.05, 4.69) is 8.92 Å². The number of hydrogen-bond donors (Lipinski definition) is 0. The van der Waals surface area contributed by atoms with Crippen molar-refractivity contribution in [3.63, 3.8) is 0 Å². The molecule has 0 spiro atoms. The molecule has 5 nitrogen and oxygen atoms in total. The molecule has 0 bridgehead atoms. The van der Waals surface area contributed by atoms with Gasteiger partial charge in [-0.15, -0.1) is 0 Å². The zero-order valence-corrected chi connectivity index (χ0v) is 12.6. The Morgan fingerprint density at radius 1 is 0.958 bits per heavy atom. The third kappa shape index (κ3) is 2.98. The van der Waals surface area contributed by atoms with Crippen molar-refractivity contribution >= 4 is 10.1 Å². The van der Waals surface area contributed by atoms with Crippen LogP contribution in [0.3, 0.4) is 0 Å². The fourth-order valence-corrected chi connectivity index (χ4v) is 2.81. The van der Waals surface area contributed by atoms with Gasteiger partial charge in [-0.05, 0) is 24.3 Å². The first-order valence-electron chi connectivity index (χ1n) is 6.07. The minimum absolute atomic E-state index is 0.165. The minimum Gasteiger partial charge on any atom is -0.491 e. The largest absolute Gasteiger partial charge is 0.491 e. The van der Waals surface area contributed by atoms with Crippen LogP contribution in [0, 0.1) is 34.6 Å². The third-order valence-electron chi connectivity index (χ3n) is 2.83. The molecular formula is C14H7F4NO4S. The molecule has 0 radical (unpaired) electrons. The summed E-state index contributed by atoms with van der Waals surface area (Å²) in [5.41, 5.74) is 0.165. The van der Waals surface area contributed by atoms with Crippen LogP contribution in [0.5, 0.6) is 11.5 Å². The summed E-state index contributed by atoms with van der Waals surface area (Å²) < 4.78 is 87.4. The van der Waals surface area contributed by atoms with E-state index in [1.807, 2.05) is 0 Å². The van der Waals surface area contributed by atoms with Crippen LogP contribution in [0.25, 0.3) is 0 Å². The summed E-state index contributed by atoms with van der Waals surface area (Å²) in [6.07, 6.45) is 0. The quantitative estimate of drug-likeness (QED) is 0.475. The number of benzene rings is 2. The Labute approximate surface area is 133 Å². The van der Waals surface area contributed by atoms with Gasteiger partial charge in [0.05, 0.1) is 18.7 Å². The number of hydrogen-bond acceptors (Lipinski definition) is 5. The molecule has 2 aromatic rings. The molecule has 0 saturated carbocycles. The number of rotatable bonds is 4. The van der Waals surface area contributed by atoms with Crippen LogP contribution in [0.2, 0.25) is 0 Å². The van der Waals surface area contributed by atoms with E-state index in [1.165, 1.54) is 12.1 Å². The topological polar surface area (TPSA) is 76.4 Å². The van der Waals surface area contributed by atoms with Gasteiger partial charge in [0.2, 0.25) is 11.6 Å². The fourth-order valence-electron chi connectivity index (χ4n) is 1.74. The highest BCUT2D eigenvalue weighted by molar-refractivity contribution is 7.87. The molecule has 0 N–H and O–H groups in total. The zero-order chi connectivity index (χ0) is 18.1. The van der Waals surface area contributed by atoms with Gasteiger partial charge in [-0.25, -0.2) is 8.78 Å². The second kappa shape index (κ2) is 6.37. The molecule has 24 heavy (non-hydrogen) atoms. The van der Waals surface area contributed by atoms with Gasteiger partial charge in [0.1, 0.15) is 5.75 Å². The molecule has 126 valence electrons. The molecular weight excluding hydrogens is 354 g/mol. The fraction of sp³-hybridized carbons (Fsp3) is 0.0714. The second-order valence-electron chi connectivity index (χ2n) is 4.29. The van der Waals surface area contributed by atoms with Crippen molar-refractivity contribution in [1.29, 1.82) is 5.26 Å². The average Bonchev–Trinajstić information content (AvgIpc) is 2.54. The molecule has 0 amide bonds. The highest BCUT2D eigenvalue weighted by Gasteiger charge is 2.35. The Hall–Kier alpha value is -2.80. The Morgan fingerprint density at radius 3 is 1.88 bits per heavy atom. The molecule has 0 aliphatic heterocycles. The highest BCUT2D eigenvalue weighted by Crippen LogP contribution is 2.33. The third-order valence-corrected chi connectivity index (χ3v) is 4.10. The maximum Gasteiger partial charge on any atom is 0.345 e. The van der Waals surface area contributed by atoms with E-state index in [4.69, 9.17) is 5.26 Å². The van der Waals surface area contributed by atoms with Gasteiger partial charge in [0.25, 0.3) is 0 Å². The van der Waals surface area contributed by atoms with Crippen molar-refractivity contribution in [3.05, 3.63) is 53.1 Å². The zero-order valence-electron chi connectivity index (χ0n) is 11.8. The van der Waals surface area contributed by atoms with Crippen LogP contribution < -0.4 is 8.92 Å². The van der Waals surface area contributed by atoms with Gasteiger partial charge >= 0.3 is 10.1 Å². The van der Waals surface area contributed by atoms with E-state index in [0.717, 1.165) is 19.2 Å². The lowest BCUT2D eigenvalue weighted by Crippen LogP contribution is -2.17. The first kappa shape index (κ1) is 17.6. The molecule has 0 aliphatic carbocycles. The molecule has 0 fully saturated rings. The van der Waals surface area contributed by atoms with Crippen LogP contribution in [-0.2, 0) is 10.1 Å². The van der Waals surface area contributed by atoms with E-state index >= 15 is 0 Å². The molecule has 10 heteroatoms.